The standard InChI is InChI=1S/C27H47NO11Si.C9H12O4/c1-8-37-40(38-9-2,39-10-3)21-11-14-28(15-12-24(29)33-17-19-35-26(31)22(4)5)16-13-25(30)34-18-20-36-27(32)23(6)7;1-3-8(10)13-6-4-5-7(2)9(11)12/h4,6,8-21H2,1-3,5,7H3;3,5H,1,4,6H2,2H3,(H,11,12). The normalized spacial score (nSPS) is 11.0. The molecular weight excluding hydrogens is 714 g/mol. The van der Waals surface area contributed by atoms with E-state index in [-0.39, 0.29) is 62.6 Å². The molecule has 0 fully saturated rings. The number of carbonyl (C=O) groups is 6. The maximum atomic E-state index is 12.2. The molecule has 0 aromatic carbocycles. The molecule has 0 amide bonds. The zero-order chi connectivity index (χ0) is 40.7. The minimum absolute atomic E-state index is 0.0618. The van der Waals surface area contributed by atoms with E-state index in [9.17, 15) is 28.8 Å². The van der Waals surface area contributed by atoms with E-state index >= 15 is 0 Å². The Morgan fingerprint density at radius 1 is 0.660 bits per heavy atom. The average molecular weight is 774 g/mol. The zero-order valence-corrected chi connectivity index (χ0v) is 33.2. The molecule has 17 heteroatoms. The molecular formula is C36H59NO15Si. The summed E-state index contributed by atoms with van der Waals surface area (Å²) in [5, 5.41) is 8.44. The van der Waals surface area contributed by atoms with Gasteiger partial charge in [0.1, 0.15) is 26.4 Å². The lowest BCUT2D eigenvalue weighted by atomic mass is 10.2. The Balaban J connectivity index is 0. The molecule has 0 rings (SSSR count). The Labute approximate surface area is 314 Å². The van der Waals surface area contributed by atoms with Gasteiger partial charge < -0.3 is 47.0 Å². The van der Waals surface area contributed by atoms with Gasteiger partial charge in [0.2, 0.25) is 0 Å². The van der Waals surface area contributed by atoms with Crippen molar-refractivity contribution >= 4 is 44.6 Å². The van der Waals surface area contributed by atoms with Crippen LogP contribution >= 0.6 is 0 Å². The average Bonchev–Trinajstić information content (AvgIpc) is 3.11. The predicted molar refractivity (Wildman–Crippen MR) is 196 cm³/mol. The second-order valence-electron chi connectivity index (χ2n) is 11.1. The van der Waals surface area contributed by atoms with Crippen molar-refractivity contribution in [3.63, 3.8) is 0 Å². The van der Waals surface area contributed by atoms with Crippen molar-refractivity contribution in [3.05, 3.63) is 48.6 Å². The third-order valence-corrected chi connectivity index (χ3v) is 9.64. The van der Waals surface area contributed by atoms with Crippen LogP contribution in [-0.2, 0) is 65.7 Å². The van der Waals surface area contributed by atoms with Crippen molar-refractivity contribution in [2.45, 2.75) is 73.3 Å². The molecule has 0 atom stereocenters. The summed E-state index contributed by atoms with van der Waals surface area (Å²) in [7, 11) is -2.84. The smallest absolute Gasteiger partial charge is 0.478 e. The molecule has 0 aliphatic heterocycles. The SMILES string of the molecule is C=C(C)C(=O)OCCOC(=O)CCN(CCC[Si](OCC)(OCC)OCC)CCC(=O)OCCOC(=O)C(=C)C.C=CC(=O)OCCC=C(C)C(=O)O. The molecule has 302 valence electrons. The van der Waals surface area contributed by atoms with E-state index in [1.807, 2.05) is 25.7 Å². The van der Waals surface area contributed by atoms with E-state index in [0.29, 0.717) is 58.3 Å². The molecule has 0 bridgehead atoms. The fourth-order valence-corrected chi connectivity index (χ4v) is 6.50. The van der Waals surface area contributed by atoms with Crippen molar-refractivity contribution < 1.29 is 70.8 Å². The highest BCUT2D eigenvalue weighted by molar-refractivity contribution is 6.60. The summed E-state index contributed by atoms with van der Waals surface area (Å²) in [5.74, 6) is -3.47. The van der Waals surface area contributed by atoms with Crippen LogP contribution in [0.4, 0.5) is 0 Å². The highest BCUT2D eigenvalue weighted by atomic mass is 28.4. The summed E-state index contributed by atoms with van der Waals surface area (Å²) in [6, 6.07) is 0.579. The lowest BCUT2D eigenvalue weighted by Crippen LogP contribution is -2.46. The number of rotatable bonds is 29. The number of esters is 5. The van der Waals surface area contributed by atoms with Crippen molar-refractivity contribution in [2.75, 3.05) is 72.5 Å². The van der Waals surface area contributed by atoms with Crippen LogP contribution in [-0.4, -0.2) is 127 Å². The van der Waals surface area contributed by atoms with Gasteiger partial charge in [-0.1, -0.05) is 25.8 Å². The molecule has 0 aromatic heterocycles. The zero-order valence-electron chi connectivity index (χ0n) is 32.2. The molecule has 16 nitrogen and oxygen atoms in total. The third kappa shape index (κ3) is 28.1. The molecule has 1 N–H and O–H groups in total. The molecule has 0 radical (unpaired) electrons. The van der Waals surface area contributed by atoms with Gasteiger partial charge in [-0.3, -0.25) is 9.59 Å². The first-order valence-corrected chi connectivity index (χ1v) is 19.3. The van der Waals surface area contributed by atoms with Crippen molar-refractivity contribution in [2.24, 2.45) is 0 Å². The Hall–Kier alpha value is -4.16. The van der Waals surface area contributed by atoms with E-state index in [1.165, 1.54) is 26.8 Å². The maximum absolute atomic E-state index is 12.2. The Bertz CT molecular complexity index is 1150. The van der Waals surface area contributed by atoms with E-state index < -0.39 is 44.6 Å². The Kier molecular flexibility index (Phi) is 30.2. The molecule has 0 unspecified atom stereocenters. The quantitative estimate of drug-likeness (QED) is 0.0376. The van der Waals surface area contributed by atoms with Gasteiger partial charge in [-0.05, 0) is 54.5 Å². The minimum atomic E-state index is -2.84. The van der Waals surface area contributed by atoms with Crippen molar-refractivity contribution in [1.29, 1.82) is 0 Å². The maximum Gasteiger partial charge on any atom is 0.500 e. The monoisotopic (exact) mass is 773 g/mol. The highest BCUT2D eigenvalue weighted by Gasteiger charge is 2.39. The topological polar surface area (TPSA) is 200 Å². The van der Waals surface area contributed by atoms with Crippen LogP contribution < -0.4 is 0 Å². The van der Waals surface area contributed by atoms with Crippen molar-refractivity contribution in [1.82, 2.24) is 4.90 Å². The summed E-state index contributed by atoms with van der Waals surface area (Å²) in [6.07, 6.45) is 3.77. The molecule has 53 heavy (non-hydrogen) atoms. The summed E-state index contributed by atoms with van der Waals surface area (Å²) in [6.45, 7) is 23.0. The summed E-state index contributed by atoms with van der Waals surface area (Å²) in [4.78, 5) is 70.0. The summed E-state index contributed by atoms with van der Waals surface area (Å²) in [5.41, 5.74) is 0.770. The lowest BCUT2D eigenvalue weighted by molar-refractivity contribution is -0.151. The predicted octanol–water partition coefficient (Wildman–Crippen LogP) is 3.97. The van der Waals surface area contributed by atoms with Crippen LogP contribution in [0.15, 0.2) is 48.6 Å². The van der Waals surface area contributed by atoms with Crippen molar-refractivity contribution in [3.8, 4) is 0 Å². The molecule has 0 aliphatic rings. The largest absolute Gasteiger partial charge is 0.500 e. The van der Waals surface area contributed by atoms with E-state index in [2.05, 4.69) is 24.5 Å². The van der Waals surface area contributed by atoms with E-state index in [0.717, 1.165) is 6.08 Å². The molecule has 0 saturated heterocycles. The first kappa shape index (κ1) is 50.9. The minimum Gasteiger partial charge on any atom is -0.478 e. The number of aliphatic carboxylic acids is 1. The lowest BCUT2D eigenvalue weighted by Gasteiger charge is -2.29. The van der Waals surface area contributed by atoms with Gasteiger partial charge >= 0.3 is 44.6 Å². The molecule has 0 spiro atoms. The number of hydrogen-bond donors (Lipinski definition) is 1. The van der Waals surface area contributed by atoms with E-state index in [1.54, 1.807) is 0 Å². The molecule has 0 saturated carbocycles. The van der Waals surface area contributed by atoms with Gasteiger partial charge in [0, 0.05) is 68.2 Å². The van der Waals surface area contributed by atoms with Crippen LogP contribution in [0.3, 0.4) is 0 Å². The number of hydrogen-bond acceptors (Lipinski definition) is 15. The molecule has 0 aromatic rings. The number of ether oxygens (including phenoxy) is 5. The first-order valence-electron chi connectivity index (χ1n) is 17.4. The number of nitrogens with zero attached hydrogens (tertiary/aromatic N) is 1. The molecule has 0 aliphatic carbocycles. The van der Waals surface area contributed by atoms with Crippen LogP contribution in [0.2, 0.25) is 6.04 Å². The Morgan fingerprint density at radius 3 is 1.47 bits per heavy atom. The van der Waals surface area contributed by atoms with Gasteiger partial charge in [-0.25, -0.2) is 19.2 Å². The van der Waals surface area contributed by atoms with Gasteiger partial charge in [0.25, 0.3) is 0 Å². The summed E-state index contributed by atoms with van der Waals surface area (Å²) >= 11 is 0. The van der Waals surface area contributed by atoms with Crippen LogP contribution in [0.5, 0.6) is 0 Å². The number of carboxylic acid groups (broad SMARTS) is 1. The van der Waals surface area contributed by atoms with Gasteiger partial charge in [-0.2, -0.15) is 0 Å². The number of carboxylic acids is 1. The summed E-state index contributed by atoms with van der Waals surface area (Å²) < 4.78 is 42.5. The Morgan fingerprint density at radius 2 is 1.09 bits per heavy atom. The van der Waals surface area contributed by atoms with Crippen LogP contribution in [0.1, 0.15) is 67.2 Å². The van der Waals surface area contributed by atoms with Crippen LogP contribution in [0, 0.1) is 0 Å². The van der Waals surface area contributed by atoms with Gasteiger partial charge in [0.05, 0.1) is 19.4 Å². The fourth-order valence-electron chi connectivity index (χ4n) is 3.91. The van der Waals surface area contributed by atoms with Gasteiger partial charge in [-0.15, -0.1) is 0 Å². The number of carbonyl (C=O) groups excluding carboxylic acids is 5. The van der Waals surface area contributed by atoms with E-state index in [4.69, 9.17) is 37.3 Å². The third-order valence-electron chi connectivity index (χ3n) is 6.49. The highest BCUT2D eigenvalue weighted by Crippen LogP contribution is 2.19. The van der Waals surface area contributed by atoms with Gasteiger partial charge in [0.15, 0.2) is 0 Å². The first-order chi connectivity index (χ1) is 25.1. The second-order valence-corrected chi connectivity index (χ2v) is 13.8. The second kappa shape index (κ2) is 31.4. The fraction of sp³-hybridized carbons (Fsp3) is 0.611. The molecule has 0 heterocycles. The van der Waals surface area contributed by atoms with Crippen LogP contribution in [0.25, 0.3) is 0 Å².